The third-order valence-corrected chi connectivity index (χ3v) is 4.59. The van der Waals surface area contributed by atoms with E-state index in [1.165, 1.54) is 13.3 Å². The van der Waals surface area contributed by atoms with Gasteiger partial charge in [-0.1, -0.05) is 12.1 Å². The number of aryl methyl sites for hydroxylation is 1. The number of methoxy groups -OCH3 is 1. The molecular weight excluding hydrogens is 358 g/mol. The zero-order chi connectivity index (χ0) is 19.5. The highest BCUT2D eigenvalue weighted by Gasteiger charge is 2.14. The van der Waals surface area contributed by atoms with Crippen molar-refractivity contribution >= 4 is 22.5 Å². The minimum atomic E-state index is -0.405. The number of rotatable bonds is 6. The molecule has 4 aromatic rings. The lowest BCUT2D eigenvalue weighted by Crippen LogP contribution is -2.30. The fraction of sp³-hybridized carbons (Fsp3) is 0.200. The molecule has 0 fully saturated rings. The zero-order valence-electron chi connectivity index (χ0n) is 15.3. The number of benzene rings is 1. The van der Waals surface area contributed by atoms with Crippen LogP contribution in [-0.2, 0) is 6.42 Å². The van der Waals surface area contributed by atoms with E-state index in [1.807, 2.05) is 28.8 Å². The quantitative estimate of drug-likeness (QED) is 0.500. The molecule has 0 aliphatic heterocycles. The first kappa shape index (κ1) is 17.7. The Morgan fingerprint density at radius 3 is 2.96 bits per heavy atom. The van der Waals surface area contributed by atoms with Crippen LogP contribution in [-0.4, -0.2) is 39.1 Å². The lowest BCUT2D eigenvalue weighted by atomic mass is 10.1. The number of hydrogen-bond acceptors (Lipinski definition) is 5. The maximum absolute atomic E-state index is 12.6. The van der Waals surface area contributed by atoms with Gasteiger partial charge < -0.3 is 15.0 Å². The predicted molar refractivity (Wildman–Crippen MR) is 105 cm³/mol. The van der Waals surface area contributed by atoms with Gasteiger partial charge in [-0.3, -0.25) is 14.0 Å². The molecule has 1 aromatic carbocycles. The zero-order valence-corrected chi connectivity index (χ0v) is 15.3. The van der Waals surface area contributed by atoms with Gasteiger partial charge in [-0.15, -0.1) is 10.2 Å². The van der Waals surface area contributed by atoms with Gasteiger partial charge in [-0.2, -0.15) is 0 Å². The summed E-state index contributed by atoms with van der Waals surface area (Å²) in [5.74, 6) is 0.986. The minimum Gasteiger partial charge on any atom is -0.495 e. The van der Waals surface area contributed by atoms with Crippen LogP contribution in [0.5, 0.6) is 5.75 Å². The standard InChI is InChI=1S/C20H19N5O3/c1-28-15-7-4-6-13-18(15)22-12-14(19(13)26)20(27)21-10-5-9-17-24-23-16-8-2-3-11-25(16)17/h2-4,6-8,11-12H,5,9-10H2,1H3,(H,21,27)(H,22,26). The summed E-state index contributed by atoms with van der Waals surface area (Å²) in [5.41, 5.74) is 1.12. The van der Waals surface area contributed by atoms with E-state index in [9.17, 15) is 9.59 Å². The van der Waals surface area contributed by atoms with Crippen molar-refractivity contribution in [3.8, 4) is 5.75 Å². The fourth-order valence-corrected chi connectivity index (χ4v) is 3.17. The van der Waals surface area contributed by atoms with E-state index in [2.05, 4.69) is 20.5 Å². The average Bonchev–Trinajstić information content (AvgIpc) is 3.14. The van der Waals surface area contributed by atoms with Gasteiger partial charge in [-0.05, 0) is 30.7 Å². The maximum Gasteiger partial charge on any atom is 0.256 e. The second kappa shape index (κ2) is 7.51. The number of nitrogens with zero attached hydrogens (tertiary/aromatic N) is 3. The Hall–Kier alpha value is -3.68. The molecule has 0 bridgehead atoms. The predicted octanol–water partition coefficient (Wildman–Crippen LogP) is 1.94. The van der Waals surface area contributed by atoms with E-state index in [-0.39, 0.29) is 11.0 Å². The van der Waals surface area contributed by atoms with Crippen molar-refractivity contribution in [3.05, 3.63) is 70.4 Å². The van der Waals surface area contributed by atoms with Gasteiger partial charge >= 0.3 is 0 Å². The molecule has 8 nitrogen and oxygen atoms in total. The van der Waals surface area contributed by atoms with Crippen LogP contribution in [0.25, 0.3) is 16.6 Å². The number of amides is 1. The molecule has 0 saturated heterocycles. The number of carbonyl (C=O) groups excluding carboxylic acids is 1. The number of ether oxygens (including phenoxy) is 1. The number of aromatic amines is 1. The van der Waals surface area contributed by atoms with E-state index in [1.54, 1.807) is 18.2 Å². The third kappa shape index (κ3) is 3.20. The van der Waals surface area contributed by atoms with Gasteiger partial charge in [0.1, 0.15) is 17.1 Å². The molecule has 3 aromatic heterocycles. The van der Waals surface area contributed by atoms with Crippen LogP contribution in [0.15, 0.2) is 53.6 Å². The van der Waals surface area contributed by atoms with Crippen LogP contribution in [0.1, 0.15) is 22.6 Å². The first-order valence-corrected chi connectivity index (χ1v) is 8.94. The van der Waals surface area contributed by atoms with Gasteiger partial charge in [0.2, 0.25) is 5.43 Å². The number of para-hydroxylation sites is 1. The number of hydrogen-bond donors (Lipinski definition) is 2. The van der Waals surface area contributed by atoms with E-state index in [4.69, 9.17) is 4.74 Å². The third-order valence-electron chi connectivity index (χ3n) is 4.59. The van der Waals surface area contributed by atoms with Crippen LogP contribution in [0.4, 0.5) is 0 Å². The van der Waals surface area contributed by atoms with Crippen molar-refractivity contribution in [3.63, 3.8) is 0 Å². The highest BCUT2D eigenvalue weighted by molar-refractivity contribution is 5.97. The molecule has 142 valence electrons. The maximum atomic E-state index is 12.6. The SMILES string of the molecule is COc1cccc2c(=O)c(C(=O)NCCCc3nnc4ccccn34)c[nH]c12. The Labute approximate surface area is 160 Å². The number of fused-ring (bicyclic) bond motifs is 2. The van der Waals surface area contributed by atoms with Crippen molar-refractivity contribution in [2.75, 3.05) is 13.7 Å². The lowest BCUT2D eigenvalue weighted by molar-refractivity contribution is 0.0952. The Morgan fingerprint density at radius 2 is 2.11 bits per heavy atom. The summed E-state index contributed by atoms with van der Waals surface area (Å²) >= 11 is 0. The molecular formula is C20H19N5O3. The number of carbonyl (C=O) groups is 1. The second-order valence-electron chi connectivity index (χ2n) is 6.32. The highest BCUT2D eigenvalue weighted by atomic mass is 16.5. The van der Waals surface area contributed by atoms with E-state index >= 15 is 0 Å². The first-order chi connectivity index (χ1) is 13.7. The molecule has 8 heteroatoms. The van der Waals surface area contributed by atoms with Crippen LogP contribution in [0.3, 0.4) is 0 Å². The number of H-pyrrole nitrogens is 1. The summed E-state index contributed by atoms with van der Waals surface area (Å²) in [6.45, 7) is 0.427. The largest absolute Gasteiger partial charge is 0.495 e. The molecule has 3 heterocycles. The lowest BCUT2D eigenvalue weighted by Gasteiger charge is -2.08. The monoisotopic (exact) mass is 377 g/mol. The molecule has 0 unspecified atom stereocenters. The van der Waals surface area contributed by atoms with Gasteiger partial charge in [-0.25, -0.2) is 0 Å². The van der Waals surface area contributed by atoms with E-state index in [0.717, 1.165) is 11.5 Å². The van der Waals surface area contributed by atoms with Gasteiger partial charge in [0.15, 0.2) is 5.65 Å². The normalized spacial score (nSPS) is 11.0. The van der Waals surface area contributed by atoms with Crippen LogP contribution >= 0.6 is 0 Å². The summed E-state index contributed by atoms with van der Waals surface area (Å²) in [5, 5.41) is 11.5. The fourth-order valence-electron chi connectivity index (χ4n) is 3.17. The summed E-state index contributed by atoms with van der Waals surface area (Å²) in [4.78, 5) is 28.1. The van der Waals surface area contributed by atoms with Crippen LogP contribution in [0.2, 0.25) is 0 Å². The Bertz CT molecular complexity index is 1210. The van der Waals surface area contributed by atoms with Crippen molar-refractivity contribution < 1.29 is 9.53 Å². The Morgan fingerprint density at radius 1 is 1.21 bits per heavy atom. The molecule has 0 atom stereocenters. The van der Waals surface area contributed by atoms with Gasteiger partial charge in [0.25, 0.3) is 5.91 Å². The molecule has 2 N–H and O–H groups in total. The molecule has 0 radical (unpaired) electrons. The number of aromatic nitrogens is 4. The van der Waals surface area contributed by atoms with Crippen molar-refractivity contribution in [2.45, 2.75) is 12.8 Å². The molecule has 28 heavy (non-hydrogen) atoms. The van der Waals surface area contributed by atoms with E-state index in [0.29, 0.717) is 36.0 Å². The topological polar surface area (TPSA) is 101 Å². The summed E-state index contributed by atoms with van der Waals surface area (Å²) in [6.07, 6.45) is 4.68. The molecule has 0 spiro atoms. The summed E-state index contributed by atoms with van der Waals surface area (Å²) in [7, 11) is 1.53. The average molecular weight is 377 g/mol. The molecule has 1 amide bonds. The van der Waals surface area contributed by atoms with Gasteiger partial charge in [0.05, 0.1) is 18.0 Å². The Balaban J connectivity index is 1.43. The molecule has 0 aliphatic rings. The smallest absolute Gasteiger partial charge is 0.256 e. The van der Waals surface area contributed by atoms with Crippen molar-refractivity contribution in [2.24, 2.45) is 0 Å². The molecule has 0 aliphatic carbocycles. The van der Waals surface area contributed by atoms with Gasteiger partial charge in [0, 0.05) is 25.4 Å². The minimum absolute atomic E-state index is 0.0775. The van der Waals surface area contributed by atoms with Crippen molar-refractivity contribution in [1.82, 2.24) is 24.9 Å². The molecule has 0 saturated carbocycles. The summed E-state index contributed by atoms with van der Waals surface area (Å²) in [6, 6.07) is 10.9. The van der Waals surface area contributed by atoms with Crippen molar-refractivity contribution in [1.29, 1.82) is 0 Å². The number of pyridine rings is 2. The second-order valence-corrected chi connectivity index (χ2v) is 6.32. The Kier molecular flexibility index (Phi) is 4.76. The number of nitrogens with one attached hydrogen (secondary N) is 2. The van der Waals surface area contributed by atoms with Crippen LogP contribution < -0.4 is 15.5 Å². The van der Waals surface area contributed by atoms with Crippen LogP contribution in [0, 0.1) is 0 Å². The van der Waals surface area contributed by atoms with E-state index < -0.39 is 5.91 Å². The first-order valence-electron chi connectivity index (χ1n) is 8.94. The summed E-state index contributed by atoms with van der Waals surface area (Å²) < 4.78 is 7.16. The highest BCUT2D eigenvalue weighted by Crippen LogP contribution is 2.20. The molecule has 4 rings (SSSR count).